The van der Waals surface area contributed by atoms with Crippen molar-refractivity contribution in [1.29, 1.82) is 0 Å². The number of nitrogens with two attached hydrogens (primary N) is 1. The van der Waals surface area contributed by atoms with Crippen LogP contribution in [0.3, 0.4) is 0 Å². The lowest BCUT2D eigenvalue weighted by Crippen LogP contribution is -2.36. The second kappa shape index (κ2) is 7.27. The fraction of sp³-hybridized carbons (Fsp3) is 0.643. The first-order valence-electron chi connectivity index (χ1n) is 6.62. The van der Waals surface area contributed by atoms with E-state index in [2.05, 4.69) is 19.1 Å². The minimum Gasteiger partial charge on any atom is -0.340 e. The molecule has 108 valence electrons. The van der Waals surface area contributed by atoms with Gasteiger partial charge in [0.15, 0.2) is 0 Å². The fourth-order valence-electron chi connectivity index (χ4n) is 2.81. The van der Waals surface area contributed by atoms with Crippen LogP contribution in [0.2, 0.25) is 0 Å². The molecule has 0 bridgehead atoms. The summed E-state index contributed by atoms with van der Waals surface area (Å²) in [6.45, 7) is 3.46. The Bertz CT molecular complexity index is 421. The second-order valence-corrected chi connectivity index (χ2v) is 6.61. The van der Waals surface area contributed by atoms with Gasteiger partial charge in [0.25, 0.3) is 0 Å². The highest BCUT2D eigenvalue weighted by Crippen LogP contribution is 2.32. The Hall–Kier alpha value is -0.580. The van der Waals surface area contributed by atoms with Crippen molar-refractivity contribution in [1.82, 2.24) is 4.90 Å². The van der Waals surface area contributed by atoms with Crippen molar-refractivity contribution in [3.63, 3.8) is 0 Å². The molecule has 2 atom stereocenters. The average Bonchev–Trinajstić information content (AvgIpc) is 2.96. The highest BCUT2D eigenvalue weighted by Gasteiger charge is 2.33. The Kier molecular flexibility index (Phi) is 6.30. The average molecular weight is 303 g/mol. The van der Waals surface area contributed by atoms with E-state index in [9.17, 15) is 4.79 Å². The molecule has 1 aromatic rings. The highest BCUT2D eigenvalue weighted by molar-refractivity contribution is 7.11. The van der Waals surface area contributed by atoms with Gasteiger partial charge in [-0.3, -0.25) is 4.79 Å². The summed E-state index contributed by atoms with van der Waals surface area (Å²) in [6, 6.07) is 4.22. The van der Waals surface area contributed by atoms with E-state index < -0.39 is 0 Å². The van der Waals surface area contributed by atoms with Gasteiger partial charge in [0, 0.05) is 22.7 Å². The molecule has 3 nitrogen and oxygen atoms in total. The number of thiophene rings is 1. The SMILES string of the molecule is Cc1ccc(CN(C)C(=O)[C@@H]2CCC[C@@H]2CN)s1.Cl. The molecule has 0 radical (unpaired) electrons. The summed E-state index contributed by atoms with van der Waals surface area (Å²) in [5.41, 5.74) is 5.75. The maximum atomic E-state index is 12.4. The number of aryl methyl sites for hydroxylation is 1. The Labute approximate surface area is 125 Å². The molecule has 0 aliphatic heterocycles. The van der Waals surface area contributed by atoms with Crippen LogP contribution in [0, 0.1) is 18.8 Å². The number of carbonyl (C=O) groups is 1. The molecule has 1 heterocycles. The number of nitrogens with zero attached hydrogens (tertiary/aromatic N) is 1. The molecule has 0 spiro atoms. The molecule has 2 rings (SSSR count). The van der Waals surface area contributed by atoms with E-state index in [-0.39, 0.29) is 24.2 Å². The first kappa shape index (κ1) is 16.5. The van der Waals surface area contributed by atoms with E-state index in [4.69, 9.17) is 5.73 Å². The van der Waals surface area contributed by atoms with Crippen molar-refractivity contribution < 1.29 is 4.79 Å². The van der Waals surface area contributed by atoms with E-state index in [0.29, 0.717) is 12.5 Å². The zero-order valence-electron chi connectivity index (χ0n) is 11.6. The van der Waals surface area contributed by atoms with Crippen LogP contribution in [0.4, 0.5) is 0 Å². The van der Waals surface area contributed by atoms with E-state index in [1.807, 2.05) is 11.9 Å². The van der Waals surface area contributed by atoms with Crippen LogP contribution in [0.25, 0.3) is 0 Å². The van der Waals surface area contributed by atoms with Crippen molar-refractivity contribution in [2.24, 2.45) is 17.6 Å². The van der Waals surface area contributed by atoms with E-state index >= 15 is 0 Å². The van der Waals surface area contributed by atoms with Crippen molar-refractivity contribution >= 4 is 29.7 Å². The summed E-state index contributed by atoms with van der Waals surface area (Å²) in [7, 11) is 1.91. The van der Waals surface area contributed by atoms with Gasteiger partial charge in [0.1, 0.15) is 0 Å². The Morgan fingerprint density at radius 2 is 2.21 bits per heavy atom. The maximum absolute atomic E-state index is 12.4. The largest absolute Gasteiger partial charge is 0.340 e. The van der Waals surface area contributed by atoms with Gasteiger partial charge in [-0.1, -0.05) is 6.42 Å². The van der Waals surface area contributed by atoms with E-state index in [1.54, 1.807) is 11.3 Å². The van der Waals surface area contributed by atoms with Crippen molar-refractivity contribution in [2.75, 3.05) is 13.6 Å². The van der Waals surface area contributed by atoms with Crippen molar-refractivity contribution in [2.45, 2.75) is 32.7 Å². The zero-order chi connectivity index (χ0) is 13.1. The summed E-state index contributed by atoms with van der Waals surface area (Å²) in [5, 5.41) is 0. The van der Waals surface area contributed by atoms with Gasteiger partial charge in [-0.25, -0.2) is 0 Å². The molecule has 1 fully saturated rings. The number of carbonyl (C=O) groups excluding carboxylic acids is 1. The van der Waals surface area contributed by atoms with E-state index in [0.717, 1.165) is 25.8 Å². The predicted molar refractivity (Wildman–Crippen MR) is 82.7 cm³/mol. The van der Waals surface area contributed by atoms with Gasteiger partial charge >= 0.3 is 0 Å². The zero-order valence-corrected chi connectivity index (χ0v) is 13.2. The first-order valence-corrected chi connectivity index (χ1v) is 7.44. The van der Waals surface area contributed by atoms with Crippen LogP contribution in [0.15, 0.2) is 12.1 Å². The molecule has 0 aromatic carbocycles. The molecule has 1 aliphatic carbocycles. The van der Waals surface area contributed by atoms with Gasteiger partial charge in [-0.15, -0.1) is 23.7 Å². The Morgan fingerprint density at radius 1 is 1.47 bits per heavy atom. The smallest absolute Gasteiger partial charge is 0.226 e. The normalized spacial score (nSPS) is 22.1. The van der Waals surface area contributed by atoms with Crippen molar-refractivity contribution in [3.05, 3.63) is 21.9 Å². The van der Waals surface area contributed by atoms with Gasteiger partial charge in [0.05, 0.1) is 6.54 Å². The third-order valence-electron chi connectivity index (χ3n) is 3.84. The number of halogens is 1. The van der Waals surface area contributed by atoms with Crippen molar-refractivity contribution in [3.8, 4) is 0 Å². The minimum atomic E-state index is 0. The molecule has 0 unspecified atom stereocenters. The molecule has 1 saturated carbocycles. The molecule has 1 aromatic heterocycles. The van der Waals surface area contributed by atoms with Crippen LogP contribution in [-0.4, -0.2) is 24.4 Å². The lowest BCUT2D eigenvalue weighted by atomic mass is 9.95. The summed E-state index contributed by atoms with van der Waals surface area (Å²) in [4.78, 5) is 16.8. The van der Waals surface area contributed by atoms with E-state index in [1.165, 1.54) is 9.75 Å². The molecular weight excluding hydrogens is 280 g/mol. The predicted octanol–water partition coefficient (Wildman–Crippen LogP) is 2.81. The van der Waals surface area contributed by atoms with Crippen LogP contribution < -0.4 is 5.73 Å². The lowest BCUT2D eigenvalue weighted by Gasteiger charge is -2.24. The van der Waals surface area contributed by atoms with Gasteiger partial charge < -0.3 is 10.6 Å². The van der Waals surface area contributed by atoms with Crippen LogP contribution >= 0.6 is 23.7 Å². The maximum Gasteiger partial charge on any atom is 0.226 e. The highest BCUT2D eigenvalue weighted by atomic mass is 35.5. The van der Waals surface area contributed by atoms with Gasteiger partial charge in [0.2, 0.25) is 5.91 Å². The molecule has 1 amide bonds. The molecule has 2 N–H and O–H groups in total. The van der Waals surface area contributed by atoms with Gasteiger partial charge in [-0.05, 0) is 44.4 Å². The second-order valence-electron chi connectivity index (χ2n) is 5.24. The van der Waals surface area contributed by atoms with Gasteiger partial charge in [-0.2, -0.15) is 0 Å². The molecule has 19 heavy (non-hydrogen) atoms. The summed E-state index contributed by atoms with van der Waals surface area (Å²) >= 11 is 1.76. The number of rotatable bonds is 4. The Morgan fingerprint density at radius 3 is 2.79 bits per heavy atom. The lowest BCUT2D eigenvalue weighted by molar-refractivity contribution is -0.135. The standard InChI is InChI=1S/C14H22N2OS.ClH/c1-10-6-7-12(18-10)9-16(2)14(17)13-5-3-4-11(13)8-15;/h6-7,11,13H,3-5,8-9,15H2,1-2H3;1H/t11-,13-;/m1./s1. The summed E-state index contributed by atoms with van der Waals surface area (Å²) in [5.74, 6) is 0.820. The Balaban J connectivity index is 0.00000180. The molecule has 5 heteroatoms. The third-order valence-corrected chi connectivity index (χ3v) is 4.83. The first-order chi connectivity index (χ1) is 8.61. The quantitative estimate of drug-likeness (QED) is 0.929. The number of hydrogen-bond acceptors (Lipinski definition) is 3. The molecule has 0 saturated heterocycles. The van der Waals surface area contributed by atoms with Crippen LogP contribution in [-0.2, 0) is 11.3 Å². The number of hydrogen-bond donors (Lipinski definition) is 1. The monoisotopic (exact) mass is 302 g/mol. The van der Waals surface area contributed by atoms with Crippen LogP contribution in [0.5, 0.6) is 0 Å². The number of amides is 1. The van der Waals surface area contributed by atoms with Crippen LogP contribution in [0.1, 0.15) is 29.0 Å². The third kappa shape index (κ3) is 3.94. The summed E-state index contributed by atoms with van der Waals surface area (Å²) < 4.78 is 0. The molecule has 1 aliphatic rings. The summed E-state index contributed by atoms with van der Waals surface area (Å²) in [6.07, 6.45) is 3.26. The minimum absolute atomic E-state index is 0. The molecular formula is C14H23ClN2OS. The fourth-order valence-corrected chi connectivity index (χ4v) is 3.75. The topological polar surface area (TPSA) is 46.3 Å².